The molecule has 2 nitrogen and oxygen atoms in total. The maximum atomic E-state index is 9.57. The highest BCUT2D eigenvalue weighted by Crippen LogP contribution is 1.90. The minimum Gasteiger partial charge on any atom is -0.490 e. The van der Waals surface area contributed by atoms with E-state index in [4.69, 9.17) is 4.74 Å². The number of hydrogen-bond acceptors (Lipinski definition) is 2. The fraction of sp³-hybridized carbons (Fsp3) is 0.500. The summed E-state index contributed by atoms with van der Waals surface area (Å²) in [5.41, 5.74) is 0. The minimum atomic E-state index is 0.597. The Morgan fingerprint density at radius 2 is 2.40 bits per heavy atom. The summed E-state index contributed by atoms with van der Waals surface area (Å²) >= 11 is 0. The molecule has 0 aliphatic carbocycles. The summed E-state index contributed by atoms with van der Waals surface area (Å²) in [5.74, 6) is 1.54. The fourth-order valence-electron chi connectivity index (χ4n) is 0.544. The van der Waals surface area contributed by atoms with E-state index in [9.17, 15) is 4.79 Å². The lowest BCUT2D eigenvalue weighted by Gasteiger charge is -1.93. The van der Waals surface area contributed by atoms with Crippen molar-refractivity contribution in [2.24, 2.45) is 0 Å². The molecule has 0 radical (unpaired) electrons. The van der Waals surface area contributed by atoms with Crippen LogP contribution in [0.15, 0.2) is 18.4 Å². The zero-order chi connectivity index (χ0) is 7.66. The van der Waals surface area contributed by atoms with Gasteiger partial charge < -0.3 is 4.74 Å². The number of allylic oxidation sites excluding steroid dienone is 2. The summed E-state index contributed by atoms with van der Waals surface area (Å²) in [4.78, 5) is 9.57. The summed E-state index contributed by atoms with van der Waals surface area (Å²) in [5, 5.41) is 0. The van der Waals surface area contributed by atoms with Gasteiger partial charge in [0.15, 0.2) is 12.2 Å². The van der Waals surface area contributed by atoms with Gasteiger partial charge in [0.25, 0.3) is 0 Å². The van der Waals surface area contributed by atoms with Gasteiger partial charge in [0.05, 0.1) is 6.61 Å². The number of ether oxygens (including phenoxy) is 1. The molecule has 0 aliphatic rings. The molecule has 0 unspecified atom stereocenters. The predicted molar refractivity (Wildman–Crippen MR) is 40.3 cm³/mol. The van der Waals surface area contributed by atoms with E-state index in [1.807, 2.05) is 13.0 Å². The van der Waals surface area contributed by atoms with E-state index >= 15 is 0 Å². The van der Waals surface area contributed by atoms with Crippen molar-refractivity contribution in [3.63, 3.8) is 0 Å². The summed E-state index contributed by atoms with van der Waals surface area (Å²) in [6.07, 6.45) is 7.06. The van der Waals surface area contributed by atoms with Gasteiger partial charge in [-0.2, -0.15) is 0 Å². The van der Waals surface area contributed by atoms with Gasteiger partial charge in [-0.25, -0.2) is 4.79 Å². The van der Waals surface area contributed by atoms with Gasteiger partial charge in [-0.05, 0) is 19.8 Å². The van der Waals surface area contributed by atoms with Crippen LogP contribution in [-0.4, -0.2) is 12.5 Å². The van der Waals surface area contributed by atoms with Gasteiger partial charge >= 0.3 is 0 Å². The smallest absolute Gasteiger partial charge is 0.166 e. The maximum Gasteiger partial charge on any atom is 0.166 e. The molecule has 0 fully saturated rings. The molecule has 0 saturated carbocycles. The van der Waals surface area contributed by atoms with Crippen molar-refractivity contribution in [2.75, 3.05) is 6.61 Å². The zero-order valence-corrected chi connectivity index (χ0v) is 6.17. The first-order chi connectivity index (χ1) is 4.91. The number of rotatable bonds is 5. The molecule has 0 amide bonds. The quantitative estimate of drug-likeness (QED) is 0.251. The van der Waals surface area contributed by atoms with Crippen molar-refractivity contribution in [1.29, 1.82) is 0 Å². The van der Waals surface area contributed by atoms with Crippen LogP contribution in [0.1, 0.15) is 19.8 Å². The number of unbranched alkanes of at least 4 members (excludes halogenated alkanes) is 1. The average molecular weight is 140 g/mol. The molecule has 0 aromatic carbocycles. The Morgan fingerprint density at radius 3 is 3.00 bits per heavy atom. The van der Waals surface area contributed by atoms with E-state index < -0.39 is 0 Å². The highest BCUT2D eigenvalue weighted by atomic mass is 16.5. The molecule has 0 heterocycles. The lowest BCUT2D eigenvalue weighted by Crippen LogP contribution is -1.85. The molecule has 0 N–H and O–H groups in total. The van der Waals surface area contributed by atoms with Gasteiger partial charge in [0.2, 0.25) is 0 Å². The Labute approximate surface area is 61.2 Å². The van der Waals surface area contributed by atoms with Crippen molar-refractivity contribution in [3.05, 3.63) is 18.4 Å². The second-order valence-corrected chi connectivity index (χ2v) is 1.82. The first kappa shape index (κ1) is 8.99. The van der Waals surface area contributed by atoms with Crippen LogP contribution in [-0.2, 0) is 9.53 Å². The third kappa shape index (κ3) is 6.99. The number of carbonyl (C=O) groups excluding carboxylic acids is 1. The van der Waals surface area contributed by atoms with Crippen molar-refractivity contribution in [1.82, 2.24) is 0 Å². The highest BCUT2D eigenvalue weighted by molar-refractivity contribution is 5.42. The Bertz CT molecular complexity index is 132. The third-order valence-electron chi connectivity index (χ3n) is 1.00. The summed E-state index contributed by atoms with van der Waals surface area (Å²) in [6, 6.07) is 0. The van der Waals surface area contributed by atoms with E-state index in [1.165, 1.54) is 0 Å². The van der Waals surface area contributed by atoms with Gasteiger partial charge in [-0.1, -0.05) is 12.2 Å². The molecule has 0 aliphatic heterocycles. The normalized spacial score (nSPS) is 9.30. The largest absolute Gasteiger partial charge is 0.490 e. The molecule has 0 spiro atoms. The first-order valence-corrected chi connectivity index (χ1v) is 3.34. The summed E-state index contributed by atoms with van der Waals surface area (Å²) in [7, 11) is 0. The van der Waals surface area contributed by atoms with E-state index in [2.05, 4.69) is 6.08 Å². The first-order valence-electron chi connectivity index (χ1n) is 3.34. The molecule has 56 valence electrons. The molecule has 0 aromatic heterocycles. The van der Waals surface area contributed by atoms with E-state index in [0.29, 0.717) is 6.61 Å². The zero-order valence-electron chi connectivity index (χ0n) is 6.17. The Morgan fingerprint density at radius 1 is 1.60 bits per heavy atom. The SMILES string of the molecule is C/C=C/CCCOC=C=O. The Kier molecular flexibility index (Phi) is 7.18. The molecular weight excluding hydrogens is 128 g/mol. The summed E-state index contributed by atoms with van der Waals surface area (Å²) in [6.45, 7) is 2.58. The van der Waals surface area contributed by atoms with E-state index in [-0.39, 0.29) is 0 Å². The molecule has 10 heavy (non-hydrogen) atoms. The Balaban J connectivity index is 2.97. The van der Waals surface area contributed by atoms with E-state index in [0.717, 1.165) is 19.1 Å². The predicted octanol–water partition coefficient (Wildman–Crippen LogP) is 1.70. The van der Waals surface area contributed by atoms with Gasteiger partial charge in [0.1, 0.15) is 0 Å². The monoisotopic (exact) mass is 140 g/mol. The standard InChI is InChI=1S/C8H12O2/c1-2-3-4-5-7-10-8-6-9/h2-3,8H,4-5,7H2,1H3/b3-2+. The highest BCUT2D eigenvalue weighted by Gasteiger charge is 1.80. The van der Waals surface area contributed by atoms with Crippen LogP contribution in [0.2, 0.25) is 0 Å². The molecular formula is C8H12O2. The van der Waals surface area contributed by atoms with Gasteiger partial charge in [-0.3, -0.25) is 0 Å². The lowest BCUT2D eigenvalue weighted by molar-refractivity contribution is 0.248. The second-order valence-electron chi connectivity index (χ2n) is 1.82. The molecule has 0 saturated heterocycles. The van der Waals surface area contributed by atoms with E-state index in [1.54, 1.807) is 5.94 Å². The fourth-order valence-corrected chi connectivity index (χ4v) is 0.544. The molecule has 0 bridgehead atoms. The van der Waals surface area contributed by atoms with Gasteiger partial charge in [0, 0.05) is 0 Å². The summed E-state index contributed by atoms with van der Waals surface area (Å²) < 4.78 is 4.75. The van der Waals surface area contributed by atoms with Crippen LogP contribution in [0.3, 0.4) is 0 Å². The van der Waals surface area contributed by atoms with Crippen LogP contribution >= 0.6 is 0 Å². The van der Waals surface area contributed by atoms with Gasteiger partial charge in [-0.15, -0.1) is 0 Å². The average Bonchev–Trinajstić information content (AvgIpc) is 1.97. The molecule has 0 rings (SSSR count). The van der Waals surface area contributed by atoms with Crippen LogP contribution < -0.4 is 0 Å². The van der Waals surface area contributed by atoms with Crippen molar-refractivity contribution in [2.45, 2.75) is 19.8 Å². The van der Waals surface area contributed by atoms with Crippen LogP contribution in [0, 0.1) is 0 Å². The molecule has 0 aromatic rings. The van der Waals surface area contributed by atoms with Crippen LogP contribution in [0.25, 0.3) is 0 Å². The molecule has 2 heteroatoms. The van der Waals surface area contributed by atoms with Crippen LogP contribution in [0.4, 0.5) is 0 Å². The van der Waals surface area contributed by atoms with Crippen LogP contribution in [0.5, 0.6) is 0 Å². The lowest BCUT2D eigenvalue weighted by atomic mass is 10.3. The minimum absolute atomic E-state index is 0.597. The second kappa shape index (κ2) is 7.99. The molecule has 0 atom stereocenters. The third-order valence-corrected chi connectivity index (χ3v) is 1.00. The van der Waals surface area contributed by atoms with Crippen molar-refractivity contribution >= 4 is 5.94 Å². The van der Waals surface area contributed by atoms with Crippen molar-refractivity contribution < 1.29 is 9.53 Å². The topological polar surface area (TPSA) is 26.3 Å². The van der Waals surface area contributed by atoms with Crippen molar-refractivity contribution in [3.8, 4) is 0 Å². The Hall–Kier alpha value is -1.01. The number of hydrogen-bond donors (Lipinski definition) is 0. The maximum absolute atomic E-state index is 9.57.